The lowest BCUT2D eigenvalue weighted by atomic mass is 9.89. The Morgan fingerprint density at radius 2 is 1.65 bits per heavy atom. The minimum absolute atomic E-state index is 0.0200. The SMILES string of the molecule is CC[C@H](C)C([C@@H](CC(=O)N1CCC[C@H]1[C@H](OC)[C@@H](C)C(=O)NCCc1ccc2ccccc2n1)OC)N(C)C(=O)[C@@H](NC(=O)[C@H](C(C)C)N(C)N)C(C)C. The number of fused-ring (bicyclic) bond motifs is 1. The van der Waals surface area contributed by atoms with Gasteiger partial charge >= 0.3 is 0 Å². The molecule has 1 fully saturated rings. The minimum atomic E-state index is -0.801. The van der Waals surface area contributed by atoms with Crippen molar-refractivity contribution in [1.82, 2.24) is 30.4 Å². The van der Waals surface area contributed by atoms with Gasteiger partial charge in [0.1, 0.15) is 12.1 Å². The number of benzene rings is 1. The van der Waals surface area contributed by atoms with Crippen LogP contribution in [0.5, 0.6) is 0 Å². The molecule has 3 rings (SSSR count). The second-order valence-electron chi connectivity index (χ2n) is 15.7. The maximum Gasteiger partial charge on any atom is 0.245 e. The van der Waals surface area contributed by atoms with E-state index in [1.807, 2.05) is 89.8 Å². The van der Waals surface area contributed by atoms with E-state index in [0.29, 0.717) is 25.9 Å². The molecule has 0 saturated carbocycles. The van der Waals surface area contributed by atoms with Gasteiger partial charge in [-0.15, -0.1) is 0 Å². The first kappa shape index (κ1) is 44.7. The number of nitrogens with one attached hydrogen (secondary N) is 2. The smallest absolute Gasteiger partial charge is 0.245 e. The Hall–Kier alpha value is -3.65. The minimum Gasteiger partial charge on any atom is -0.379 e. The standard InChI is InChI=1S/C41H67N7O6/c1-12-27(6)37(46(8)41(52)35(25(2)3)45-40(51)36(26(4)5)47(9)42)33(53-10)24-34(49)48-23-15-18-32(48)38(54-11)28(7)39(50)43-22-21-30-20-19-29-16-13-14-17-31(29)44-30/h13-14,16-17,19-20,25-28,32-33,35-38H,12,15,18,21-24,42H2,1-11H3,(H,43,50)(H,45,51)/t27-,28+,32-,33+,35-,36-,37?,38+/m0/s1. The predicted octanol–water partition coefficient (Wildman–Crippen LogP) is 3.78. The molecule has 1 unspecified atom stereocenters. The summed E-state index contributed by atoms with van der Waals surface area (Å²) in [7, 11) is 6.52. The highest BCUT2D eigenvalue weighted by Crippen LogP contribution is 2.29. The molecule has 13 heteroatoms. The number of carbonyl (C=O) groups excluding carboxylic acids is 4. The number of rotatable bonds is 20. The van der Waals surface area contributed by atoms with Gasteiger partial charge in [0.2, 0.25) is 23.6 Å². The number of aromatic nitrogens is 1. The molecule has 0 radical (unpaired) electrons. The van der Waals surface area contributed by atoms with Crippen molar-refractivity contribution in [2.24, 2.45) is 29.5 Å². The molecule has 54 heavy (non-hydrogen) atoms. The van der Waals surface area contributed by atoms with Crippen LogP contribution in [0.1, 0.15) is 79.8 Å². The zero-order valence-corrected chi connectivity index (χ0v) is 34.5. The van der Waals surface area contributed by atoms with E-state index in [4.69, 9.17) is 20.3 Å². The quantitative estimate of drug-likeness (QED) is 0.135. The number of hydrogen-bond donors (Lipinski definition) is 3. The van der Waals surface area contributed by atoms with Gasteiger partial charge in [-0.25, -0.2) is 5.01 Å². The summed E-state index contributed by atoms with van der Waals surface area (Å²) in [6, 6.07) is 9.81. The number of nitrogens with two attached hydrogens (primary N) is 1. The van der Waals surface area contributed by atoms with Gasteiger partial charge in [0.25, 0.3) is 0 Å². The molecule has 4 amide bonds. The maximum atomic E-state index is 14.2. The number of hydrogen-bond acceptors (Lipinski definition) is 9. The van der Waals surface area contributed by atoms with Gasteiger partial charge in [0, 0.05) is 58.9 Å². The van der Waals surface area contributed by atoms with Gasteiger partial charge in [0.15, 0.2) is 0 Å². The number of hydrazine groups is 1. The molecule has 302 valence electrons. The van der Waals surface area contributed by atoms with Crippen LogP contribution >= 0.6 is 0 Å². The molecule has 0 aliphatic carbocycles. The van der Waals surface area contributed by atoms with Crippen molar-refractivity contribution in [2.45, 2.75) is 117 Å². The van der Waals surface area contributed by atoms with Crippen molar-refractivity contribution in [3.05, 3.63) is 42.1 Å². The van der Waals surface area contributed by atoms with Crippen molar-refractivity contribution >= 4 is 34.5 Å². The van der Waals surface area contributed by atoms with Crippen LogP contribution in [0.4, 0.5) is 0 Å². The van der Waals surface area contributed by atoms with Gasteiger partial charge in [-0.1, -0.05) is 79.2 Å². The molecular weight excluding hydrogens is 686 g/mol. The summed E-state index contributed by atoms with van der Waals surface area (Å²) < 4.78 is 12.0. The largest absolute Gasteiger partial charge is 0.379 e. The lowest BCUT2D eigenvalue weighted by Gasteiger charge is -2.41. The van der Waals surface area contributed by atoms with Crippen LogP contribution in [0.3, 0.4) is 0 Å². The molecule has 1 aliphatic heterocycles. The Labute approximate surface area is 323 Å². The topological polar surface area (TPSA) is 159 Å². The Bertz CT molecular complexity index is 1530. The van der Waals surface area contributed by atoms with Crippen molar-refractivity contribution in [3.8, 4) is 0 Å². The summed E-state index contributed by atoms with van der Waals surface area (Å²) in [5.41, 5.74) is 1.82. The lowest BCUT2D eigenvalue weighted by molar-refractivity contribution is -0.148. The normalized spacial score (nSPS) is 18.6. The van der Waals surface area contributed by atoms with Crippen LogP contribution < -0.4 is 16.5 Å². The number of nitrogens with zero attached hydrogens (tertiary/aromatic N) is 4. The van der Waals surface area contributed by atoms with Crippen LogP contribution in [0.15, 0.2) is 36.4 Å². The highest BCUT2D eigenvalue weighted by Gasteiger charge is 2.43. The van der Waals surface area contributed by atoms with Gasteiger partial charge in [-0.2, -0.15) is 0 Å². The number of ether oxygens (including phenoxy) is 2. The molecule has 13 nitrogen and oxygen atoms in total. The number of carbonyl (C=O) groups is 4. The average molecular weight is 754 g/mol. The van der Waals surface area contributed by atoms with Gasteiger partial charge < -0.3 is 29.9 Å². The fourth-order valence-electron chi connectivity index (χ4n) is 7.96. The van der Waals surface area contributed by atoms with E-state index in [9.17, 15) is 19.2 Å². The number of para-hydroxylation sites is 1. The van der Waals surface area contributed by atoms with E-state index in [1.54, 1.807) is 33.2 Å². The molecule has 2 heterocycles. The highest BCUT2D eigenvalue weighted by molar-refractivity contribution is 5.90. The molecule has 1 saturated heterocycles. The number of likely N-dealkylation sites (N-methyl/N-ethyl adjacent to an activating group) is 2. The van der Waals surface area contributed by atoms with Crippen LogP contribution in [-0.4, -0.2) is 121 Å². The summed E-state index contributed by atoms with van der Waals surface area (Å²) in [6.45, 7) is 14.5. The number of likely N-dealkylation sites (tertiary alicyclic amines) is 1. The summed E-state index contributed by atoms with van der Waals surface area (Å²) in [6.07, 6.45) is 1.74. The summed E-state index contributed by atoms with van der Waals surface area (Å²) in [5.74, 6) is 4.38. The van der Waals surface area contributed by atoms with Crippen molar-refractivity contribution < 1.29 is 28.7 Å². The zero-order valence-electron chi connectivity index (χ0n) is 34.5. The zero-order chi connectivity index (χ0) is 40.3. The van der Waals surface area contributed by atoms with E-state index >= 15 is 0 Å². The number of pyridine rings is 1. The predicted molar refractivity (Wildman–Crippen MR) is 212 cm³/mol. The molecule has 4 N–H and O–H groups in total. The first-order valence-electron chi connectivity index (χ1n) is 19.6. The molecule has 0 bridgehead atoms. The van der Waals surface area contributed by atoms with Crippen molar-refractivity contribution in [1.29, 1.82) is 0 Å². The van der Waals surface area contributed by atoms with E-state index in [1.165, 1.54) is 5.01 Å². The third kappa shape index (κ3) is 11.2. The number of methoxy groups -OCH3 is 2. The van der Waals surface area contributed by atoms with Crippen LogP contribution in [0.2, 0.25) is 0 Å². The van der Waals surface area contributed by atoms with E-state index in [-0.39, 0.29) is 53.8 Å². The summed E-state index contributed by atoms with van der Waals surface area (Å²) >= 11 is 0. The van der Waals surface area contributed by atoms with Gasteiger partial charge in [0.05, 0.1) is 42.1 Å². The Morgan fingerprint density at radius 1 is 0.963 bits per heavy atom. The van der Waals surface area contributed by atoms with Crippen molar-refractivity contribution in [2.75, 3.05) is 41.4 Å². The maximum absolute atomic E-state index is 14.2. The monoisotopic (exact) mass is 754 g/mol. The summed E-state index contributed by atoms with van der Waals surface area (Å²) in [5, 5.41) is 8.46. The molecule has 2 aromatic rings. The first-order valence-corrected chi connectivity index (χ1v) is 19.6. The molecular formula is C41H67N7O6. The van der Waals surface area contributed by atoms with Crippen LogP contribution in [0.25, 0.3) is 10.9 Å². The first-order chi connectivity index (χ1) is 25.6. The molecule has 1 aromatic heterocycles. The Morgan fingerprint density at radius 3 is 2.24 bits per heavy atom. The molecule has 1 aliphatic rings. The third-order valence-corrected chi connectivity index (χ3v) is 11.2. The van der Waals surface area contributed by atoms with Crippen LogP contribution in [-0.2, 0) is 35.1 Å². The number of amides is 4. The Balaban J connectivity index is 1.71. The van der Waals surface area contributed by atoms with Crippen molar-refractivity contribution in [3.63, 3.8) is 0 Å². The fourth-order valence-corrected chi connectivity index (χ4v) is 7.96. The van der Waals surface area contributed by atoms with E-state index < -0.39 is 36.3 Å². The molecule has 1 aromatic carbocycles. The second-order valence-corrected chi connectivity index (χ2v) is 15.7. The van der Waals surface area contributed by atoms with E-state index in [0.717, 1.165) is 29.4 Å². The fraction of sp³-hybridized carbons (Fsp3) is 0.683. The van der Waals surface area contributed by atoms with Gasteiger partial charge in [-0.05, 0) is 42.7 Å². The van der Waals surface area contributed by atoms with Crippen LogP contribution in [0, 0.1) is 23.7 Å². The molecule has 8 atom stereocenters. The Kier molecular flexibility index (Phi) is 17.3. The second kappa shape index (κ2) is 20.9. The molecule has 0 spiro atoms. The summed E-state index contributed by atoms with van der Waals surface area (Å²) in [4.78, 5) is 63.3. The van der Waals surface area contributed by atoms with Gasteiger partial charge in [-0.3, -0.25) is 30.0 Å². The van der Waals surface area contributed by atoms with E-state index in [2.05, 4.69) is 10.6 Å². The third-order valence-electron chi connectivity index (χ3n) is 11.2. The average Bonchev–Trinajstić information content (AvgIpc) is 3.62. The lowest BCUT2D eigenvalue weighted by Crippen LogP contribution is -2.60. The highest BCUT2D eigenvalue weighted by atomic mass is 16.5.